The minimum Gasteiger partial charge on any atom is -0.462 e. The Morgan fingerprint density at radius 1 is 1.45 bits per heavy atom. The van der Waals surface area contributed by atoms with E-state index in [1.54, 1.807) is 6.26 Å². The molecule has 0 aromatic carbocycles. The molecule has 2 aromatic rings. The SMILES string of the molecule is O=C(Cc1csc(-c2ccco2)n1)NC1CCN2CCCC12. The average Bonchev–Trinajstić information content (AvgIpc) is 3.24. The highest BCUT2D eigenvalue weighted by molar-refractivity contribution is 7.13. The largest absolute Gasteiger partial charge is 0.462 e. The minimum absolute atomic E-state index is 0.0787. The monoisotopic (exact) mass is 317 g/mol. The van der Waals surface area contributed by atoms with Crippen LogP contribution in [0.25, 0.3) is 10.8 Å². The molecule has 2 aliphatic rings. The van der Waals surface area contributed by atoms with Crippen LogP contribution in [0.3, 0.4) is 0 Å². The van der Waals surface area contributed by atoms with Crippen LogP contribution in [0.4, 0.5) is 0 Å². The number of hydrogen-bond donors (Lipinski definition) is 1. The molecule has 0 saturated carbocycles. The van der Waals surface area contributed by atoms with Crippen LogP contribution >= 0.6 is 11.3 Å². The van der Waals surface area contributed by atoms with Gasteiger partial charge in [-0.2, -0.15) is 0 Å². The molecular formula is C16H19N3O2S. The van der Waals surface area contributed by atoms with E-state index in [1.807, 2.05) is 17.5 Å². The number of amides is 1. The van der Waals surface area contributed by atoms with Crippen molar-refractivity contribution in [2.24, 2.45) is 0 Å². The van der Waals surface area contributed by atoms with Crippen LogP contribution in [0.5, 0.6) is 0 Å². The second-order valence-electron chi connectivity index (χ2n) is 6.01. The number of nitrogens with one attached hydrogen (secondary N) is 1. The summed E-state index contributed by atoms with van der Waals surface area (Å²) in [5.74, 6) is 0.837. The van der Waals surface area contributed by atoms with Gasteiger partial charge in [0, 0.05) is 24.0 Å². The Balaban J connectivity index is 1.36. The van der Waals surface area contributed by atoms with E-state index >= 15 is 0 Å². The predicted molar refractivity (Wildman–Crippen MR) is 84.7 cm³/mol. The first kappa shape index (κ1) is 14.0. The summed E-state index contributed by atoms with van der Waals surface area (Å²) < 4.78 is 5.33. The van der Waals surface area contributed by atoms with Crippen LogP contribution in [0.2, 0.25) is 0 Å². The summed E-state index contributed by atoms with van der Waals surface area (Å²) in [4.78, 5) is 19.3. The van der Waals surface area contributed by atoms with Gasteiger partial charge in [0.2, 0.25) is 5.91 Å². The van der Waals surface area contributed by atoms with Crippen LogP contribution in [0.1, 0.15) is 25.0 Å². The number of thiazole rings is 1. The molecule has 5 nitrogen and oxygen atoms in total. The number of fused-ring (bicyclic) bond motifs is 1. The molecule has 4 rings (SSSR count). The zero-order chi connectivity index (χ0) is 14.9. The topological polar surface area (TPSA) is 58.4 Å². The lowest BCUT2D eigenvalue weighted by Gasteiger charge is -2.21. The first-order valence-corrected chi connectivity index (χ1v) is 8.69. The first-order valence-electron chi connectivity index (χ1n) is 7.81. The molecule has 2 atom stereocenters. The Morgan fingerprint density at radius 2 is 2.41 bits per heavy atom. The van der Waals surface area contributed by atoms with Crippen molar-refractivity contribution in [2.75, 3.05) is 13.1 Å². The maximum atomic E-state index is 12.3. The summed E-state index contributed by atoms with van der Waals surface area (Å²) in [6, 6.07) is 4.60. The predicted octanol–water partition coefficient (Wildman–Crippen LogP) is 2.30. The van der Waals surface area contributed by atoms with Crippen molar-refractivity contribution in [2.45, 2.75) is 37.8 Å². The number of hydrogen-bond acceptors (Lipinski definition) is 5. The van der Waals surface area contributed by atoms with Gasteiger partial charge in [0.15, 0.2) is 10.8 Å². The van der Waals surface area contributed by atoms with E-state index in [-0.39, 0.29) is 5.91 Å². The summed E-state index contributed by atoms with van der Waals surface area (Å²) >= 11 is 1.51. The van der Waals surface area contributed by atoms with E-state index in [9.17, 15) is 4.79 Å². The van der Waals surface area contributed by atoms with E-state index in [1.165, 1.54) is 30.7 Å². The fourth-order valence-electron chi connectivity index (χ4n) is 3.57. The molecule has 116 valence electrons. The number of carbonyl (C=O) groups excluding carboxylic acids is 1. The number of furan rings is 1. The average molecular weight is 317 g/mol. The molecule has 4 heterocycles. The molecular weight excluding hydrogens is 298 g/mol. The van der Waals surface area contributed by atoms with Crippen molar-refractivity contribution in [3.63, 3.8) is 0 Å². The van der Waals surface area contributed by atoms with Crippen molar-refractivity contribution < 1.29 is 9.21 Å². The maximum Gasteiger partial charge on any atom is 0.226 e. The van der Waals surface area contributed by atoms with Gasteiger partial charge in [-0.05, 0) is 37.9 Å². The Hall–Kier alpha value is -1.66. The van der Waals surface area contributed by atoms with Crippen LogP contribution < -0.4 is 5.32 Å². The number of carbonyl (C=O) groups is 1. The molecule has 2 aliphatic heterocycles. The third-order valence-electron chi connectivity index (χ3n) is 4.58. The fraction of sp³-hybridized carbons (Fsp3) is 0.500. The third-order valence-corrected chi connectivity index (χ3v) is 5.48. The lowest BCUT2D eigenvalue weighted by atomic mass is 10.1. The first-order chi connectivity index (χ1) is 10.8. The molecule has 22 heavy (non-hydrogen) atoms. The molecule has 2 fully saturated rings. The van der Waals surface area contributed by atoms with E-state index in [0.717, 1.165) is 29.4 Å². The Labute approximate surface area is 133 Å². The van der Waals surface area contributed by atoms with Gasteiger partial charge in [0.1, 0.15) is 0 Å². The van der Waals surface area contributed by atoms with E-state index in [0.29, 0.717) is 18.5 Å². The summed E-state index contributed by atoms with van der Waals surface area (Å²) in [7, 11) is 0. The lowest BCUT2D eigenvalue weighted by Crippen LogP contribution is -2.42. The summed E-state index contributed by atoms with van der Waals surface area (Å²) in [5.41, 5.74) is 0.815. The lowest BCUT2D eigenvalue weighted by molar-refractivity contribution is -0.121. The molecule has 0 bridgehead atoms. The van der Waals surface area contributed by atoms with Crippen molar-refractivity contribution in [3.05, 3.63) is 29.5 Å². The third kappa shape index (κ3) is 2.68. The van der Waals surface area contributed by atoms with Crippen LogP contribution in [-0.4, -0.2) is 41.0 Å². The molecule has 0 aliphatic carbocycles. The summed E-state index contributed by atoms with van der Waals surface area (Å²) in [6.07, 6.45) is 5.53. The molecule has 2 aromatic heterocycles. The Morgan fingerprint density at radius 3 is 3.27 bits per heavy atom. The number of nitrogens with zero attached hydrogens (tertiary/aromatic N) is 2. The summed E-state index contributed by atoms with van der Waals surface area (Å²) in [5, 5.41) is 5.97. The second-order valence-corrected chi connectivity index (χ2v) is 6.86. The zero-order valence-corrected chi connectivity index (χ0v) is 13.1. The smallest absolute Gasteiger partial charge is 0.226 e. The maximum absolute atomic E-state index is 12.3. The van der Waals surface area contributed by atoms with Crippen molar-refractivity contribution >= 4 is 17.2 Å². The Kier molecular flexibility index (Phi) is 3.72. The zero-order valence-electron chi connectivity index (χ0n) is 12.3. The van der Waals surface area contributed by atoms with Gasteiger partial charge in [-0.25, -0.2) is 4.98 Å². The molecule has 2 unspecified atom stereocenters. The molecule has 0 radical (unpaired) electrons. The number of rotatable bonds is 4. The minimum atomic E-state index is 0.0787. The highest BCUT2D eigenvalue weighted by Gasteiger charge is 2.37. The van der Waals surface area contributed by atoms with Crippen LogP contribution in [0, 0.1) is 0 Å². The van der Waals surface area contributed by atoms with Gasteiger partial charge in [-0.1, -0.05) is 0 Å². The van der Waals surface area contributed by atoms with Crippen molar-refractivity contribution in [1.82, 2.24) is 15.2 Å². The van der Waals surface area contributed by atoms with Gasteiger partial charge < -0.3 is 9.73 Å². The molecule has 2 saturated heterocycles. The Bertz CT molecular complexity index is 652. The standard InChI is InChI=1S/C16H19N3O2S/c20-15(18-12-5-7-19-6-1-3-13(12)19)9-11-10-22-16(17-11)14-4-2-8-21-14/h2,4,8,10,12-13H,1,3,5-7,9H2,(H,18,20). The molecule has 1 amide bonds. The van der Waals surface area contributed by atoms with Crippen molar-refractivity contribution in [1.29, 1.82) is 0 Å². The normalized spacial score (nSPS) is 24.5. The highest BCUT2D eigenvalue weighted by Crippen LogP contribution is 2.28. The molecule has 6 heteroatoms. The van der Waals surface area contributed by atoms with Gasteiger partial charge in [-0.3, -0.25) is 9.69 Å². The second kappa shape index (κ2) is 5.85. The van der Waals surface area contributed by atoms with Gasteiger partial charge >= 0.3 is 0 Å². The van der Waals surface area contributed by atoms with Crippen LogP contribution in [-0.2, 0) is 11.2 Å². The quantitative estimate of drug-likeness (QED) is 0.940. The van der Waals surface area contributed by atoms with E-state index < -0.39 is 0 Å². The highest BCUT2D eigenvalue weighted by atomic mass is 32.1. The molecule has 1 N–H and O–H groups in total. The number of aromatic nitrogens is 1. The van der Waals surface area contributed by atoms with Gasteiger partial charge in [-0.15, -0.1) is 11.3 Å². The van der Waals surface area contributed by atoms with Crippen LogP contribution in [0.15, 0.2) is 28.2 Å². The van der Waals surface area contributed by atoms with Gasteiger partial charge in [0.05, 0.1) is 18.4 Å². The molecule has 0 spiro atoms. The fourth-order valence-corrected chi connectivity index (χ4v) is 4.36. The van der Waals surface area contributed by atoms with Gasteiger partial charge in [0.25, 0.3) is 0 Å². The van der Waals surface area contributed by atoms with Crippen molar-refractivity contribution in [3.8, 4) is 10.8 Å². The van der Waals surface area contributed by atoms with E-state index in [4.69, 9.17) is 4.42 Å². The van der Waals surface area contributed by atoms with E-state index in [2.05, 4.69) is 15.2 Å². The summed E-state index contributed by atoms with van der Waals surface area (Å²) in [6.45, 7) is 2.31.